The largest absolute Gasteiger partial charge is 0.468 e. The zero-order chi connectivity index (χ0) is 12.9. The first-order valence-electron chi connectivity index (χ1n) is 6.74. The van der Waals surface area contributed by atoms with Gasteiger partial charge in [-0.05, 0) is 46.9 Å². The number of ether oxygens (including phenoxy) is 1. The van der Waals surface area contributed by atoms with Crippen LogP contribution in [0.3, 0.4) is 0 Å². The smallest absolute Gasteiger partial charge is 0.117 e. The van der Waals surface area contributed by atoms with Crippen molar-refractivity contribution in [3.8, 4) is 0 Å². The van der Waals surface area contributed by atoms with Crippen LogP contribution < -0.4 is 0 Å². The second-order valence-electron chi connectivity index (χ2n) is 5.11. The van der Waals surface area contributed by atoms with Gasteiger partial charge < -0.3 is 9.15 Å². The summed E-state index contributed by atoms with van der Waals surface area (Å²) in [6.07, 6.45) is 2.93. The molecule has 0 radical (unpaired) electrons. The van der Waals surface area contributed by atoms with Crippen LogP contribution in [0.15, 0.2) is 39.6 Å². The first kappa shape index (κ1) is 12.9. The molecule has 0 N–H and O–H groups in total. The van der Waals surface area contributed by atoms with Gasteiger partial charge in [-0.25, -0.2) is 0 Å². The van der Waals surface area contributed by atoms with E-state index in [1.54, 1.807) is 17.6 Å². The van der Waals surface area contributed by atoms with Crippen molar-refractivity contribution >= 4 is 11.3 Å². The number of nitrogens with zero attached hydrogens (tertiary/aromatic N) is 1. The summed E-state index contributed by atoms with van der Waals surface area (Å²) >= 11 is 1.76. The third-order valence-corrected chi connectivity index (χ3v) is 4.22. The van der Waals surface area contributed by atoms with Crippen LogP contribution in [-0.2, 0) is 17.8 Å². The van der Waals surface area contributed by atoms with Gasteiger partial charge >= 0.3 is 0 Å². The quantitative estimate of drug-likeness (QED) is 0.809. The zero-order valence-corrected chi connectivity index (χ0v) is 11.8. The van der Waals surface area contributed by atoms with Crippen LogP contribution in [0.5, 0.6) is 0 Å². The third-order valence-electron chi connectivity index (χ3n) is 3.49. The summed E-state index contributed by atoms with van der Waals surface area (Å²) in [6.45, 7) is 4.76. The molecule has 0 saturated carbocycles. The van der Waals surface area contributed by atoms with Crippen LogP contribution in [0.25, 0.3) is 0 Å². The van der Waals surface area contributed by atoms with Crippen molar-refractivity contribution in [3.63, 3.8) is 0 Å². The van der Waals surface area contributed by atoms with Crippen molar-refractivity contribution in [1.29, 1.82) is 0 Å². The summed E-state index contributed by atoms with van der Waals surface area (Å²) in [4.78, 5) is 2.46. The molecule has 1 aliphatic rings. The number of furan rings is 1. The number of rotatable bonds is 6. The van der Waals surface area contributed by atoms with E-state index in [0.29, 0.717) is 5.92 Å². The monoisotopic (exact) mass is 277 g/mol. The molecule has 2 aromatic rings. The molecular weight excluding hydrogens is 258 g/mol. The van der Waals surface area contributed by atoms with E-state index in [1.807, 2.05) is 12.1 Å². The predicted octanol–water partition coefficient (Wildman–Crippen LogP) is 3.38. The molecule has 2 aromatic heterocycles. The highest BCUT2D eigenvalue weighted by atomic mass is 32.1. The molecule has 1 atom stereocenters. The fourth-order valence-corrected chi connectivity index (χ4v) is 3.20. The summed E-state index contributed by atoms with van der Waals surface area (Å²) < 4.78 is 11.0. The average molecular weight is 277 g/mol. The van der Waals surface area contributed by atoms with Crippen molar-refractivity contribution < 1.29 is 9.15 Å². The molecule has 0 aliphatic carbocycles. The van der Waals surface area contributed by atoms with E-state index in [9.17, 15) is 0 Å². The van der Waals surface area contributed by atoms with E-state index in [-0.39, 0.29) is 0 Å². The molecule has 0 unspecified atom stereocenters. The molecule has 102 valence electrons. The fourth-order valence-electron chi connectivity index (χ4n) is 2.54. The molecule has 4 heteroatoms. The standard InChI is InChI=1S/C15H19NO2S/c1-2-15(18-5-1)10-16(8-13-3-6-17-11-13)9-14-4-7-19-12-14/h1-2,4-5,7,12-13H,3,6,8-11H2/t13-/m1/s1. The van der Waals surface area contributed by atoms with Crippen molar-refractivity contribution in [2.45, 2.75) is 19.5 Å². The minimum absolute atomic E-state index is 0.661. The Balaban J connectivity index is 1.63. The fraction of sp³-hybridized carbons (Fsp3) is 0.467. The number of thiophene rings is 1. The van der Waals surface area contributed by atoms with E-state index in [0.717, 1.165) is 38.6 Å². The van der Waals surface area contributed by atoms with Crippen molar-refractivity contribution in [1.82, 2.24) is 4.90 Å². The highest BCUT2D eigenvalue weighted by Crippen LogP contribution is 2.19. The van der Waals surface area contributed by atoms with E-state index >= 15 is 0 Å². The van der Waals surface area contributed by atoms with E-state index in [2.05, 4.69) is 21.7 Å². The molecular formula is C15H19NO2S. The minimum atomic E-state index is 0.661. The molecule has 3 nitrogen and oxygen atoms in total. The van der Waals surface area contributed by atoms with Gasteiger partial charge in [-0.2, -0.15) is 11.3 Å². The Morgan fingerprint density at radius 3 is 3.00 bits per heavy atom. The van der Waals surface area contributed by atoms with Crippen molar-refractivity contribution in [3.05, 3.63) is 46.5 Å². The summed E-state index contributed by atoms with van der Waals surface area (Å²) in [6, 6.07) is 6.20. The average Bonchev–Trinajstić information content (AvgIpc) is 3.10. The van der Waals surface area contributed by atoms with Crippen molar-refractivity contribution in [2.24, 2.45) is 5.92 Å². The highest BCUT2D eigenvalue weighted by Gasteiger charge is 2.20. The van der Waals surface area contributed by atoms with Gasteiger partial charge in [0.25, 0.3) is 0 Å². The topological polar surface area (TPSA) is 25.6 Å². The first-order valence-corrected chi connectivity index (χ1v) is 7.68. The van der Waals surface area contributed by atoms with Gasteiger partial charge in [-0.3, -0.25) is 4.90 Å². The minimum Gasteiger partial charge on any atom is -0.468 e. The van der Waals surface area contributed by atoms with Crippen LogP contribution in [0.2, 0.25) is 0 Å². The maximum atomic E-state index is 5.48. The predicted molar refractivity (Wildman–Crippen MR) is 76.1 cm³/mol. The second kappa shape index (κ2) is 6.37. The summed E-state index contributed by atoms with van der Waals surface area (Å²) in [5.41, 5.74) is 1.38. The van der Waals surface area contributed by atoms with Crippen LogP contribution >= 0.6 is 11.3 Å². The summed E-state index contributed by atoms with van der Waals surface area (Å²) in [5, 5.41) is 4.36. The molecule has 0 aromatic carbocycles. The summed E-state index contributed by atoms with van der Waals surface area (Å²) in [7, 11) is 0. The van der Waals surface area contributed by atoms with Crippen LogP contribution in [0.1, 0.15) is 17.7 Å². The Morgan fingerprint density at radius 2 is 2.32 bits per heavy atom. The van der Waals surface area contributed by atoms with E-state index in [1.165, 1.54) is 12.0 Å². The van der Waals surface area contributed by atoms with Crippen LogP contribution in [-0.4, -0.2) is 24.7 Å². The van der Waals surface area contributed by atoms with Crippen LogP contribution in [0, 0.1) is 5.92 Å². The van der Waals surface area contributed by atoms with Crippen LogP contribution in [0.4, 0.5) is 0 Å². The molecule has 1 aliphatic heterocycles. The molecule has 3 heterocycles. The van der Waals surface area contributed by atoms with Gasteiger partial charge in [0.1, 0.15) is 5.76 Å². The van der Waals surface area contributed by atoms with Gasteiger partial charge in [0.05, 0.1) is 19.4 Å². The maximum Gasteiger partial charge on any atom is 0.117 e. The lowest BCUT2D eigenvalue weighted by Crippen LogP contribution is -2.28. The molecule has 0 bridgehead atoms. The Bertz CT molecular complexity index is 424. The van der Waals surface area contributed by atoms with Crippen molar-refractivity contribution in [2.75, 3.05) is 19.8 Å². The van der Waals surface area contributed by atoms with Gasteiger partial charge in [0.15, 0.2) is 0 Å². The Hall–Kier alpha value is -1.10. The van der Waals surface area contributed by atoms with Gasteiger partial charge in [-0.1, -0.05) is 0 Å². The molecule has 1 fully saturated rings. The van der Waals surface area contributed by atoms with Gasteiger partial charge in [0, 0.05) is 19.7 Å². The van der Waals surface area contributed by atoms with Gasteiger partial charge in [0.2, 0.25) is 0 Å². The summed E-state index contributed by atoms with van der Waals surface area (Å²) in [5.74, 6) is 1.70. The Labute approximate surface area is 117 Å². The molecule has 0 amide bonds. The first-order chi connectivity index (χ1) is 9.40. The SMILES string of the molecule is c1coc(CN(Cc2ccsc2)C[C@H]2CCOC2)c1. The molecule has 0 spiro atoms. The third kappa shape index (κ3) is 3.69. The number of hydrogen-bond acceptors (Lipinski definition) is 4. The lowest BCUT2D eigenvalue weighted by atomic mass is 10.1. The maximum absolute atomic E-state index is 5.48. The van der Waals surface area contributed by atoms with E-state index < -0.39 is 0 Å². The molecule has 3 rings (SSSR count). The normalized spacial score (nSPS) is 19.3. The Kier molecular flexibility index (Phi) is 4.33. The zero-order valence-electron chi connectivity index (χ0n) is 11.0. The Morgan fingerprint density at radius 1 is 1.32 bits per heavy atom. The second-order valence-corrected chi connectivity index (χ2v) is 5.89. The molecule has 19 heavy (non-hydrogen) atoms. The molecule has 1 saturated heterocycles. The lowest BCUT2D eigenvalue weighted by molar-refractivity contribution is 0.157. The lowest BCUT2D eigenvalue weighted by Gasteiger charge is -2.23. The van der Waals surface area contributed by atoms with E-state index in [4.69, 9.17) is 9.15 Å². The highest BCUT2D eigenvalue weighted by molar-refractivity contribution is 7.07. The van der Waals surface area contributed by atoms with Gasteiger partial charge in [-0.15, -0.1) is 0 Å². The number of hydrogen-bond donors (Lipinski definition) is 0.